The van der Waals surface area contributed by atoms with E-state index in [4.69, 9.17) is 0 Å². The van der Waals surface area contributed by atoms with E-state index in [0.717, 1.165) is 37.6 Å². The Hall–Kier alpha value is -1.69. The van der Waals surface area contributed by atoms with Gasteiger partial charge in [-0.15, -0.1) is 5.10 Å². The number of hydrogen-bond donors (Lipinski definition) is 1. The summed E-state index contributed by atoms with van der Waals surface area (Å²) in [6, 6.07) is 0. The molecule has 0 aliphatic rings. The van der Waals surface area contributed by atoms with E-state index in [-0.39, 0.29) is 0 Å². The molecule has 2 aromatic rings. The molecule has 0 fully saturated rings. The van der Waals surface area contributed by atoms with Gasteiger partial charge >= 0.3 is 0 Å². The van der Waals surface area contributed by atoms with Crippen LogP contribution in [0.3, 0.4) is 0 Å². The SMILES string of the molecule is CC(C)CNCc1cn(CCc2nccn2C)nn1. The predicted octanol–water partition coefficient (Wildman–Crippen LogP) is 1.000. The van der Waals surface area contributed by atoms with Crippen LogP contribution in [0.25, 0.3) is 0 Å². The first-order valence-corrected chi connectivity index (χ1v) is 6.71. The summed E-state index contributed by atoms with van der Waals surface area (Å²) in [4.78, 5) is 4.30. The maximum absolute atomic E-state index is 4.30. The first-order chi connectivity index (χ1) is 9.15. The second-order valence-corrected chi connectivity index (χ2v) is 5.20. The molecule has 1 N–H and O–H groups in total. The molecule has 0 aromatic carbocycles. The van der Waals surface area contributed by atoms with Gasteiger partial charge < -0.3 is 9.88 Å². The Bertz CT molecular complexity index is 499. The van der Waals surface area contributed by atoms with Gasteiger partial charge in [-0.25, -0.2) is 4.98 Å². The summed E-state index contributed by atoms with van der Waals surface area (Å²) in [5.41, 5.74) is 0.987. The molecule has 104 valence electrons. The van der Waals surface area contributed by atoms with Crippen molar-refractivity contribution in [3.63, 3.8) is 0 Å². The molecular weight excluding hydrogens is 240 g/mol. The van der Waals surface area contributed by atoms with Gasteiger partial charge in [-0.1, -0.05) is 19.1 Å². The number of nitrogens with zero attached hydrogens (tertiary/aromatic N) is 5. The Morgan fingerprint density at radius 2 is 2.21 bits per heavy atom. The lowest BCUT2D eigenvalue weighted by molar-refractivity contribution is 0.547. The molecule has 2 rings (SSSR count). The molecule has 19 heavy (non-hydrogen) atoms. The standard InChI is InChI=1S/C13H22N6/c1-11(2)8-14-9-12-10-19(17-16-12)6-4-13-15-5-7-18(13)3/h5,7,10-11,14H,4,6,8-9H2,1-3H3. The first-order valence-electron chi connectivity index (χ1n) is 6.71. The third kappa shape index (κ3) is 4.17. The lowest BCUT2D eigenvalue weighted by Gasteiger charge is -2.04. The number of aromatic nitrogens is 5. The molecule has 0 saturated carbocycles. The van der Waals surface area contributed by atoms with Crippen LogP contribution in [0.5, 0.6) is 0 Å². The van der Waals surface area contributed by atoms with Gasteiger partial charge in [0.05, 0.1) is 5.69 Å². The van der Waals surface area contributed by atoms with E-state index >= 15 is 0 Å². The Balaban J connectivity index is 1.79. The summed E-state index contributed by atoms with van der Waals surface area (Å²) in [6.45, 7) is 6.97. The highest BCUT2D eigenvalue weighted by molar-refractivity contribution is 4.94. The average molecular weight is 262 g/mol. The highest BCUT2D eigenvalue weighted by Gasteiger charge is 2.03. The molecular formula is C13H22N6. The summed E-state index contributed by atoms with van der Waals surface area (Å²) >= 11 is 0. The van der Waals surface area contributed by atoms with Crippen LogP contribution in [-0.2, 0) is 26.6 Å². The summed E-state index contributed by atoms with van der Waals surface area (Å²) in [5, 5.41) is 11.7. The van der Waals surface area contributed by atoms with Crippen LogP contribution in [0.15, 0.2) is 18.6 Å². The smallest absolute Gasteiger partial charge is 0.110 e. The fourth-order valence-corrected chi connectivity index (χ4v) is 1.87. The molecule has 0 unspecified atom stereocenters. The van der Waals surface area contributed by atoms with Crippen LogP contribution in [0.4, 0.5) is 0 Å². The molecule has 0 saturated heterocycles. The topological polar surface area (TPSA) is 60.6 Å². The lowest BCUT2D eigenvalue weighted by Crippen LogP contribution is -2.19. The lowest BCUT2D eigenvalue weighted by atomic mass is 10.2. The van der Waals surface area contributed by atoms with E-state index in [1.165, 1.54) is 0 Å². The fraction of sp³-hybridized carbons (Fsp3) is 0.615. The van der Waals surface area contributed by atoms with E-state index in [1.54, 1.807) is 0 Å². The molecule has 0 spiro atoms. The van der Waals surface area contributed by atoms with Crippen molar-refractivity contribution < 1.29 is 0 Å². The van der Waals surface area contributed by atoms with Crippen molar-refractivity contribution in [1.82, 2.24) is 29.9 Å². The number of nitrogens with one attached hydrogen (secondary N) is 1. The second kappa shape index (κ2) is 6.47. The zero-order valence-corrected chi connectivity index (χ0v) is 11.9. The van der Waals surface area contributed by atoms with Crippen LogP contribution in [-0.4, -0.2) is 31.1 Å². The van der Waals surface area contributed by atoms with Crippen molar-refractivity contribution in [1.29, 1.82) is 0 Å². The summed E-state index contributed by atoms with van der Waals surface area (Å²) in [7, 11) is 2.00. The maximum atomic E-state index is 4.30. The molecule has 6 nitrogen and oxygen atoms in total. The van der Waals surface area contributed by atoms with Gasteiger partial charge in [0, 0.05) is 45.1 Å². The van der Waals surface area contributed by atoms with E-state index in [0.29, 0.717) is 5.92 Å². The molecule has 2 aromatic heterocycles. The molecule has 0 radical (unpaired) electrons. The van der Waals surface area contributed by atoms with Crippen molar-refractivity contribution in [2.75, 3.05) is 6.54 Å². The molecule has 0 bridgehead atoms. The Morgan fingerprint density at radius 1 is 1.37 bits per heavy atom. The van der Waals surface area contributed by atoms with Gasteiger partial charge in [0.25, 0.3) is 0 Å². The third-order valence-corrected chi connectivity index (χ3v) is 2.93. The zero-order valence-electron chi connectivity index (χ0n) is 11.9. The van der Waals surface area contributed by atoms with E-state index in [2.05, 4.69) is 34.5 Å². The highest BCUT2D eigenvalue weighted by Crippen LogP contribution is 1.99. The van der Waals surface area contributed by atoms with Gasteiger partial charge in [-0.2, -0.15) is 0 Å². The molecule has 0 aliphatic carbocycles. The summed E-state index contributed by atoms with van der Waals surface area (Å²) in [6.07, 6.45) is 6.64. The highest BCUT2D eigenvalue weighted by atomic mass is 15.4. The van der Waals surface area contributed by atoms with E-state index in [9.17, 15) is 0 Å². The number of aryl methyl sites for hydroxylation is 3. The molecule has 2 heterocycles. The summed E-state index contributed by atoms with van der Waals surface area (Å²) in [5.74, 6) is 1.72. The summed E-state index contributed by atoms with van der Waals surface area (Å²) < 4.78 is 3.91. The largest absolute Gasteiger partial charge is 0.338 e. The first kappa shape index (κ1) is 13.7. The van der Waals surface area contributed by atoms with Crippen molar-refractivity contribution in [3.05, 3.63) is 30.1 Å². The minimum absolute atomic E-state index is 0.651. The Morgan fingerprint density at radius 3 is 2.89 bits per heavy atom. The number of imidazole rings is 1. The normalized spacial score (nSPS) is 11.4. The van der Waals surface area contributed by atoms with Crippen LogP contribution in [0.1, 0.15) is 25.4 Å². The predicted molar refractivity (Wildman–Crippen MR) is 73.5 cm³/mol. The van der Waals surface area contributed by atoms with Crippen molar-refractivity contribution >= 4 is 0 Å². The van der Waals surface area contributed by atoms with Gasteiger partial charge in [0.2, 0.25) is 0 Å². The Kier molecular flexibility index (Phi) is 4.68. The van der Waals surface area contributed by atoms with Crippen LogP contribution in [0.2, 0.25) is 0 Å². The fourth-order valence-electron chi connectivity index (χ4n) is 1.87. The van der Waals surface area contributed by atoms with Crippen LogP contribution in [0, 0.1) is 5.92 Å². The molecule has 0 atom stereocenters. The molecule has 0 amide bonds. The minimum Gasteiger partial charge on any atom is -0.338 e. The van der Waals surface area contributed by atoms with Gasteiger partial charge in [0.15, 0.2) is 0 Å². The monoisotopic (exact) mass is 262 g/mol. The van der Waals surface area contributed by atoms with E-state index in [1.807, 2.05) is 34.9 Å². The number of hydrogen-bond acceptors (Lipinski definition) is 4. The minimum atomic E-state index is 0.651. The quantitative estimate of drug-likeness (QED) is 0.808. The maximum Gasteiger partial charge on any atom is 0.110 e. The molecule has 0 aliphatic heterocycles. The zero-order chi connectivity index (χ0) is 13.7. The third-order valence-electron chi connectivity index (χ3n) is 2.93. The van der Waals surface area contributed by atoms with Gasteiger partial charge in [0.1, 0.15) is 5.82 Å². The second-order valence-electron chi connectivity index (χ2n) is 5.20. The van der Waals surface area contributed by atoms with Crippen LogP contribution < -0.4 is 5.32 Å². The van der Waals surface area contributed by atoms with Crippen molar-refractivity contribution in [2.24, 2.45) is 13.0 Å². The van der Waals surface area contributed by atoms with Gasteiger partial charge in [-0.05, 0) is 12.5 Å². The van der Waals surface area contributed by atoms with Gasteiger partial charge in [-0.3, -0.25) is 4.68 Å². The number of rotatable bonds is 7. The van der Waals surface area contributed by atoms with E-state index < -0.39 is 0 Å². The van der Waals surface area contributed by atoms with Crippen LogP contribution >= 0.6 is 0 Å². The van der Waals surface area contributed by atoms with Crippen molar-refractivity contribution in [3.8, 4) is 0 Å². The van der Waals surface area contributed by atoms with Crippen molar-refractivity contribution in [2.45, 2.75) is 33.4 Å². The Labute approximate surface area is 113 Å². The average Bonchev–Trinajstić information content (AvgIpc) is 2.95. The molecule has 6 heteroatoms.